The topological polar surface area (TPSA) is 99.0 Å². The number of carbonyl (C=O) groups is 1. The van der Waals surface area contributed by atoms with Crippen molar-refractivity contribution in [3.63, 3.8) is 0 Å². The smallest absolute Gasteiger partial charge is 0.263 e. The molecule has 0 aliphatic carbocycles. The van der Waals surface area contributed by atoms with Gasteiger partial charge in [0.25, 0.3) is 5.91 Å². The lowest BCUT2D eigenvalue weighted by atomic mass is 9.87. The monoisotopic (exact) mass is 429 g/mol. The van der Waals surface area contributed by atoms with Gasteiger partial charge in [-0.15, -0.1) is 0 Å². The van der Waals surface area contributed by atoms with Gasteiger partial charge < -0.3 is 15.6 Å². The highest BCUT2D eigenvalue weighted by Crippen LogP contribution is 2.33. The fourth-order valence-corrected chi connectivity index (χ4v) is 3.75. The van der Waals surface area contributed by atoms with Gasteiger partial charge in [0, 0.05) is 11.3 Å². The van der Waals surface area contributed by atoms with Crippen LogP contribution in [0.3, 0.4) is 0 Å². The van der Waals surface area contributed by atoms with Crippen LogP contribution in [0.5, 0.6) is 0 Å². The van der Waals surface area contributed by atoms with Crippen molar-refractivity contribution in [3.05, 3.63) is 77.1 Å². The van der Waals surface area contributed by atoms with Crippen LogP contribution >= 0.6 is 0 Å². The lowest BCUT2D eigenvalue weighted by Crippen LogP contribution is -2.15. The first-order valence-corrected chi connectivity index (χ1v) is 10.5. The van der Waals surface area contributed by atoms with Crippen molar-refractivity contribution in [2.24, 2.45) is 0 Å². The number of nitrogens with two attached hydrogens (primary N) is 1. The van der Waals surface area contributed by atoms with Gasteiger partial charge in [0.15, 0.2) is 0 Å². The van der Waals surface area contributed by atoms with Gasteiger partial charge in [-0.2, -0.15) is 5.10 Å². The molecule has 1 amide bonds. The number of carbonyl (C=O) groups excluding carboxylic acids is 1. The Hall–Kier alpha value is -3.87. The molecule has 2 aromatic heterocycles. The summed E-state index contributed by atoms with van der Waals surface area (Å²) in [5.41, 5.74) is 11.7. The Balaban J connectivity index is 1.69. The lowest BCUT2D eigenvalue weighted by molar-refractivity contribution is 0.102. The summed E-state index contributed by atoms with van der Waals surface area (Å²) in [7, 11) is 0. The van der Waals surface area contributed by atoms with Gasteiger partial charge in [-0.25, -0.2) is 4.68 Å². The largest absolute Gasteiger partial charge is 0.367 e. The van der Waals surface area contributed by atoms with Gasteiger partial charge in [0.2, 0.25) is 5.88 Å². The molecular weight excluding hydrogens is 402 g/mol. The van der Waals surface area contributed by atoms with E-state index in [0.717, 1.165) is 22.6 Å². The highest BCUT2D eigenvalue weighted by molar-refractivity contribution is 6.11. The molecule has 7 heteroatoms. The van der Waals surface area contributed by atoms with Crippen molar-refractivity contribution in [2.75, 3.05) is 11.1 Å². The van der Waals surface area contributed by atoms with Crippen molar-refractivity contribution < 1.29 is 9.32 Å². The molecule has 0 saturated heterocycles. The molecule has 0 atom stereocenters. The normalized spacial score (nSPS) is 11.5. The molecule has 4 aromatic rings. The third-order valence-electron chi connectivity index (χ3n) is 5.48. The van der Waals surface area contributed by atoms with Gasteiger partial charge in [0.05, 0.1) is 17.1 Å². The van der Waals surface area contributed by atoms with E-state index in [1.165, 1.54) is 5.56 Å². The van der Waals surface area contributed by atoms with E-state index in [9.17, 15) is 4.79 Å². The Kier molecular flexibility index (Phi) is 5.34. The standard InChI is InChI=1S/C25H27N5O2/c1-15-20(16(2)30(28-15)19-9-7-6-8-10-19)22-21(23(26)32-29-22)24(31)27-18-13-11-17(12-14-18)25(3,4)5/h6-14H,26H2,1-5H3,(H,27,31). The van der Waals surface area contributed by atoms with Crippen molar-refractivity contribution in [3.8, 4) is 16.9 Å². The van der Waals surface area contributed by atoms with Crippen molar-refractivity contribution >= 4 is 17.5 Å². The van der Waals surface area contributed by atoms with Gasteiger partial charge in [0.1, 0.15) is 11.3 Å². The van der Waals surface area contributed by atoms with E-state index in [1.54, 1.807) is 0 Å². The van der Waals surface area contributed by atoms with Crippen molar-refractivity contribution in [1.29, 1.82) is 0 Å². The van der Waals surface area contributed by atoms with Crippen LogP contribution in [-0.2, 0) is 5.41 Å². The van der Waals surface area contributed by atoms with Gasteiger partial charge in [-0.1, -0.05) is 56.3 Å². The van der Waals surface area contributed by atoms with Gasteiger partial charge in [-0.3, -0.25) is 4.79 Å². The number of anilines is 2. The molecule has 2 heterocycles. The zero-order valence-electron chi connectivity index (χ0n) is 18.9. The number of para-hydroxylation sites is 1. The zero-order valence-corrected chi connectivity index (χ0v) is 18.9. The molecule has 4 rings (SSSR count). The number of rotatable bonds is 4. The van der Waals surface area contributed by atoms with Crippen LogP contribution in [0.25, 0.3) is 16.9 Å². The number of amides is 1. The summed E-state index contributed by atoms with van der Waals surface area (Å²) >= 11 is 0. The van der Waals surface area contributed by atoms with Crippen LogP contribution in [-0.4, -0.2) is 20.8 Å². The summed E-state index contributed by atoms with van der Waals surface area (Å²) < 4.78 is 7.05. The van der Waals surface area contributed by atoms with Crippen LogP contribution in [0.2, 0.25) is 0 Å². The maximum atomic E-state index is 13.2. The van der Waals surface area contributed by atoms with Crippen molar-refractivity contribution in [2.45, 2.75) is 40.0 Å². The van der Waals surface area contributed by atoms with E-state index >= 15 is 0 Å². The zero-order chi connectivity index (χ0) is 23.0. The summed E-state index contributed by atoms with van der Waals surface area (Å²) in [4.78, 5) is 13.2. The van der Waals surface area contributed by atoms with Crippen LogP contribution in [0.15, 0.2) is 59.1 Å². The minimum Gasteiger partial charge on any atom is -0.367 e. The van der Waals surface area contributed by atoms with Gasteiger partial charge >= 0.3 is 0 Å². The predicted molar refractivity (Wildman–Crippen MR) is 126 cm³/mol. The minimum atomic E-state index is -0.381. The Morgan fingerprint density at radius 1 is 1.03 bits per heavy atom. The number of benzene rings is 2. The minimum absolute atomic E-state index is 0.0303. The molecule has 0 aliphatic heterocycles. The Bertz CT molecular complexity index is 1260. The fourth-order valence-electron chi connectivity index (χ4n) is 3.75. The molecule has 3 N–H and O–H groups in total. The number of nitrogen functional groups attached to an aromatic ring is 1. The summed E-state index contributed by atoms with van der Waals surface area (Å²) in [6, 6.07) is 17.6. The molecule has 0 fully saturated rings. The number of nitrogens with zero attached hydrogens (tertiary/aromatic N) is 3. The second-order valence-electron chi connectivity index (χ2n) is 8.85. The number of hydrogen-bond donors (Lipinski definition) is 2. The second-order valence-corrected chi connectivity index (χ2v) is 8.85. The molecule has 0 spiro atoms. The maximum Gasteiger partial charge on any atom is 0.263 e. The van der Waals surface area contributed by atoms with Gasteiger partial charge in [-0.05, 0) is 49.1 Å². The first-order chi connectivity index (χ1) is 15.2. The molecule has 0 aliphatic rings. The third-order valence-corrected chi connectivity index (χ3v) is 5.48. The number of nitrogens with one attached hydrogen (secondary N) is 1. The third kappa shape index (κ3) is 3.89. The van der Waals surface area contributed by atoms with Crippen molar-refractivity contribution in [1.82, 2.24) is 14.9 Å². The highest BCUT2D eigenvalue weighted by atomic mass is 16.5. The Morgan fingerprint density at radius 3 is 2.31 bits per heavy atom. The second kappa shape index (κ2) is 8.00. The maximum absolute atomic E-state index is 13.2. The first kappa shape index (κ1) is 21.4. The lowest BCUT2D eigenvalue weighted by Gasteiger charge is -2.19. The highest BCUT2D eigenvalue weighted by Gasteiger charge is 2.27. The van der Waals surface area contributed by atoms with E-state index in [4.69, 9.17) is 10.3 Å². The molecule has 0 saturated carbocycles. The average Bonchev–Trinajstić information content (AvgIpc) is 3.27. The van der Waals surface area contributed by atoms with Crippen LogP contribution in [0.4, 0.5) is 11.6 Å². The Labute approximate surface area is 187 Å². The van der Waals surface area contributed by atoms with Crippen LogP contribution in [0.1, 0.15) is 48.1 Å². The predicted octanol–water partition coefficient (Wildman–Crippen LogP) is 5.28. The van der Waals surface area contributed by atoms with E-state index in [1.807, 2.05) is 73.1 Å². The average molecular weight is 430 g/mol. The molecule has 0 radical (unpaired) electrons. The quantitative estimate of drug-likeness (QED) is 0.460. The first-order valence-electron chi connectivity index (χ1n) is 10.5. The summed E-state index contributed by atoms with van der Waals surface area (Å²) in [5.74, 6) is -0.413. The van der Waals surface area contributed by atoms with Crippen LogP contribution in [0, 0.1) is 13.8 Å². The number of aryl methyl sites for hydroxylation is 1. The molecular formula is C25H27N5O2. The SMILES string of the molecule is Cc1nn(-c2ccccc2)c(C)c1-c1noc(N)c1C(=O)Nc1ccc(C(C)(C)C)cc1. The summed E-state index contributed by atoms with van der Waals surface area (Å²) in [5, 5.41) is 11.7. The Morgan fingerprint density at radius 2 is 1.69 bits per heavy atom. The van der Waals surface area contributed by atoms with Crippen LogP contribution < -0.4 is 11.1 Å². The molecule has 2 aromatic carbocycles. The van der Waals surface area contributed by atoms with E-state index in [0.29, 0.717) is 11.4 Å². The molecule has 7 nitrogen and oxygen atoms in total. The molecule has 32 heavy (non-hydrogen) atoms. The number of hydrogen-bond acceptors (Lipinski definition) is 5. The number of aromatic nitrogens is 3. The van der Waals surface area contributed by atoms with E-state index in [-0.39, 0.29) is 22.8 Å². The van der Waals surface area contributed by atoms with E-state index < -0.39 is 0 Å². The van der Waals surface area contributed by atoms with E-state index in [2.05, 4.69) is 36.3 Å². The molecule has 0 unspecified atom stereocenters. The summed E-state index contributed by atoms with van der Waals surface area (Å²) in [6.07, 6.45) is 0. The molecule has 0 bridgehead atoms. The summed E-state index contributed by atoms with van der Waals surface area (Å²) in [6.45, 7) is 10.2. The fraction of sp³-hybridized carbons (Fsp3) is 0.240. The molecule has 164 valence electrons.